The minimum Gasteiger partial charge on any atom is -0.480 e. The van der Waals surface area contributed by atoms with Crippen LogP contribution in [0, 0.1) is 16.0 Å². The number of carbonyl (C=O) groups is 2. The summed E-state index contributed by atoms with van der Waals surface area (Å²) in [5.74, 6) is -1.34. The van der Waals surface area contributed by atoms with Crippen molar-refractivity contribution in [2.24, 2.45) is 5.92 Å². The number of nitro benzene ring substituents is 1. The van der Waals surface area contributed by atoms with E-state index < -0.39 is 22.8 Å². The van der Waals surface area contributed by atoms with Gasteiger partial charge in [-0.25, -0.2) is 0 Å². The fourth-order valence-electron chi connectivity index (χ4n) is 2.62. The van der Waals surface area contributed by atoms with Gasteiger partial charge in [0.15, 0.2) is 0 Å². The summed E-state index contributed by atoms with van der Waals surface area (Å²) in [7, 11) is 0. The molecule has 1 amide bonds. The molecule has 0 radical (unpaired) electrons. The normalized spacial score (nSPS) is 13.0. The van der Waals surface area contributed by atoms with Crippen LogP contribution in [0.1, 0.15) is 46.0 Å². The minimum absolute atomic E-state index is 0.0565. The van der Waals surface area contributed by atoms with Crippen LogP contribution in [-0.4, -0.2) is 34.5 Å². The van der Waals surface area contributed by atoms with Gasteiger partial charge >= 0.3 is 5.97 Å². The van der Waals surface area contributed by atoms with E-state index in [1.165, 1.54) is 18.2 Å². The highest BCUT2D eigenvalue weighted by atomic mass is 16.6. The largest absolute Gasteiger partial charge is 0.480 e. The number of anilines is 1. The number of carboxylic acids is 1. The van der Waals surface area contributed by atoms with Gasteiger partial charge in [-0.3, -0.25) is 19.7 Å². The molecule has 0 fully saturated rings. The molecule has 0 spiro atoms. The van der Waals surface area contributed by atoms with Gasteiger partial charge in [-0.05, 0) is 24.9 Å². The first-order valence-electron chi connectivity index (χ1n) is 8.88. The summed E-state index contributed by atoms with van der Waals surface area (Å²) in [6.45, 7) is 4.68. The topological polar surface area (TPSA) is 122 Å². The van der Waals surface area contributed by atoms with Gasteiger partial charge in [0.2, 0.25) is 5.91 Å². The number of benzene rings is 1. The van der Waals surface area contributed by atoms with Gasteiger partial charge in [-0.1, -0.05) is 45.2 Å². The summed E-state index contributed by atoms with van der Waals surface area (Å²) in [6, 6.07) is 4.72. The Morgan fingerprint density at radius 3 is 2.54 bits per heavy atom. The van der Waals surface area contributed by atoms with Crippen LogP contribution in [0.3, 0.4) is 0 Å². The highest BCUT2D eigenvalue weighted by Gasteiger charge is 2.23. The number of amides is 1. The molecule has 1 rings (SSSR count). The summed E-state index contributed by atoms with van der Waals surface area (Å²) in [4.78, 5) is 34.0. The first-order valence-corrected chi connectivity index (χ1v) is 8.88. The lowest BCUT2D eigenvalue weighted by molar-refractivity contribution is -0.383. The number of nitrogens with zero attached hydrogens (tertiary/aromatic N) is 1. The van der Waals surface area contributed by atoms with E-state index in [0.29, 0.717) is 12.5 Å². The van der Waals surface area contributed by atoms with Crippen LogP contribution in [0.25, 0.3) is 0 Å². The molecule has 144 valence electrons. The number of carboxylic acid groups (broad SMARTS) is 1. The van der Waals surface area contributed by atoms with E-state index in [-0.39, 0.29) is 17.8 Å². The number of unbranched alkanes of at least 4 members (excludes halogenated alkanes) is 1. The van der Waals surface area contributed by atoms with Gasteiger partial charge in [0.25, 0.3) is 5.69 Å². The highest BCUT2D eigenvalue weighted by Crippen LogP contribution is 2.23. The van der Waals surface area contributed by atoms with E-state index in [0.717, 1.165) is 25.7 Å². The van der Waals surface area contributed by atoms with Crippen molar-refractivity contribution in [2.75, 3.05) is 11.9 Å². The van der Waals surface area contributed by atoms with E-state index >= 15 is 0 Å². The Kier molecular flexibility index (Phi) is 9.29. The Hall–Kier alpha value is -2.48. The second kappa shape index (κ2) is 11.2. The zero-order valence-electron chi connectivity index (χ0n) is 15.2. The van der Waals surface area contributed by atoms with Crippen LogP contribution in [0.2, 0.25) is 0 Å². The number of rotatable bonds is 12. The van der Waals surface area contributed by atoms with Gasteiger partial charge < -0.3 is 15.7 Å². The number of carbonyl (C=O) groups excluding carboxylic acids is 1. The number of nitrogens with one attached hydrogen (secondary N) is 2. The van der Waals surface area contributed by atoms with Crippen LogP contribution in [0.4, 0.5) is 11.4 Å². The van der Waals surface area contributed by atoms with Gasteiger partial charge in [-0.15, -0.1) is 0 Å². The molecule has 0 heterocycles. The standard InChI is InChI=1S/C18H27N3O5/c1-3-5-8-13(4-2)12-19-15(18(23)24)11-17(22)20-14-9-6-7-10-16(14)21(25)26/h6-7,9-10,13,15,19H,3-5,8,11-12H2,1-2H3,(H,20,22)(H,23,24). The van der Waals surface area contributed by atoms with Crippen LogP contribution in [0.15, 0.2) is 24.3 Å². The second-order valence-electron chi connectivity index (χ2n) is 6.24. The Bertz CT molecular complexity index is 621. The van der Waals surface area contributed by atoms with E-state index in [2.05, 4.69) is 24.5 Å². The molecule has 0 saturated carbocycles. The zero-order valence-corrected chi connectivity index (χ0v) is 15.2. The summed E-state index contributed by atoms with van der Waals surface area (Å²) < 4.78 is 0. The van der Waals surface area contributed by atoms with E-state index in [1.54, 1.807) is 6.07 Å². The molecule has 0 aliphatic heterocycles. The molecule has 0 bridgehead atoms. The maximum absolute atomic E-state index is 12.2. The van der Waals surface area contributed by atoms with Crippen molar-refractivity contribution in [3.63, 3.8) is 0 Å². The number of hydrogen-bond donors (Lipinski definition) is 3. The number of para-hydroxylation sites is 2. The molecule has 3 N–H and O–H groups in total. The van der Waals surface area contributed by atoms with Crippen LogP contribution in [0.5, 0.6) is 0 Å². The second-order valence-corrected chi connectivity index (χ2v) is 6.24. The van der Waals surface area contributed by atoms with Gasteiger partial charge in [0.05, 0.1) is 11.3 Å². The molecule has 1 aromatic carbocycles. The fraction of sp³-hybridized carbons (Fsp3) is 0.556. The van der Waals surface area contributed by atoms with Crippen molar-refractivity contribution in [3.05, 3.63) is 34.4 Å². The predicted molar refractivity (Wildman–Crippen MR) is 99.1 cm³/mol. The maximum Gasteiger partial charge on any atom is 0.321 e. The van der Waals surface area contributed by atoms with Crippen LogP contribution < -0.4 is 10.6 Å². The van der Waals surface area contributed by atoms with Crippen molar-refractivity contribution >= 4 is 23.3 Å². The lowest BCUT2D eigenvalue weighted by Crippen LogP contribution is -2.42. The van der Waals surface area contributed by atoms with Crippen molar-refractivity contribution in [2.45, 2.75) is 52.0 Å². The van der Waals surface area contributed by atoms with E-state index in [4.69, 9.17) is 0 Å². The molecule has 0 saturated heterocycles. The Balaban J connectivity index is 2.65. The number of nitro groups is 1. The molecule has 0 aliphatic rings. The third-order valence-corrected chi connectivity index (χ3v) is 4.26. The van der Waals surface area contributed by atoms with Crippen LogP contribution >= 0.6 is 0 Å². The molecule has 0 aromatic heterocycles. The number of aliphatic carboxylic acids is 1. The zero-order chi connectivity index (χ0) is 19.5. The lowest BCUT2D eigenvalue weighted by Gasteiger charge is -2.19. The molecular formula is C18H27N3O5. The smallest absolute Gasteiger partial charge is 0.321 e. The molecule has 8 nitrogen and oxygen atoms in total. The first-order chi connectivity index (χ1) is 12.4. The Labute approximate surface area is 153 Å². The van der Waals surface area contributed by atoms with Crippen molar-refractivity contribution < 1.29 is 19.6 Å². The highest BCUT2D eigenvalue weighted by molar-refractivity contribution is 5.95. The molecular weight excluding hydrogens is 338 g/mol. The SMILES string of the molecule is CCCCC(CC)CNC(CC(=O)Nc1ccccc1[N+](=O)[O-])C(=O)O. The van der Waals surface area contributed by atoms with E-state index in [1.807, 2.05) is 0 Å². The van der Waals surface area contributed by atoms with Crippen LogP contribution in [-0.2, 0) is 9.59 Å². The Morgan fingerprint density at radius 2 is 1.96 bits per heavy atom. The lowest BCUT2D eigenvalue weighted by atomic mass is 9.99. The number of hydrogen-bond acceptors (Lipinski definition) is 5. The van der Waals surface area contributed by atoms with Gasteiger partial charge in [-0.2, -0.15) is 0 Å². The monoisotopic (exact) mass is 365 g/mol. The summed E-state index contributed by atoms with van der Waals surface area (Å²) >= 11 is 0. The van der Waals surface area contributed by atoms with E-state index in [9.17, 15) is 24.8 Å². The maximum atomic E-state index is 12.2. The molecule has 2 unspecified atom stereocenters. The van der Waals surface area contributed by atoms with Gasteiger partial charge in [0, 0.05) is 6.07 Å². The average molecular weight is 365 g/mol. The molecule has 1 aromatic rings. The molecule has 8 heteroatoms. The third-order valence-electron chi connectivity index (χ3n) is 4.26. The predicted octanol–water partition coefficient (Wildman–Crippen LogP) is 3.18. The summed E-state index contributed by atoms with van der Waals surface area (Å²) in [5.41, 5.74) is -0.174. The fourth-order valence-corrected chi connectivity index (χ4v) is 2.62. The first kappa shape index (κ1) is 21.6. The van der Waals surface area contributed by atoms with Crippen molar-refractivity contribution in [3.8, 4) is 0 Å². The molecule has 0 aliphatic carbocycles. The average Bonchev–Trinajstić information content (AvgIpc) is 2.60. The summed E-state index contributed by atoms with van der Waals surface area (Å²) in [5, 5.41) is 25.7. The quantitative estimate of drug-likeness (QED) is 0.386. The molecule has 2 atom stereocenters. The van der Waals surface area contributed by atoms with Crippen molar-refractivity contribution in [1.82, 2.24) is 5.32 Å². The third kappa shape index (κ3) is 7.18. The van der Waals surface area contributed by atoms with Gasteiger partial charge in [0.1, 0.15) is 11.7 Å². The molecule has 26 heavy (non-hydrogen) atoms. The van der Waals surface area contributed by atoms with Crippen molar-refractivity contribution in [1.29, 1.82) is 0 Å². The Morgan fingerprint density at radius 1 is 1.27 bits per heavy atom. The summed E-state index contributed by atoms with van der Waals surface area (Å²) in [6.07, 6.45) is 3.80. The minimum atomic E-state index is -1.12.